The van der Waals surface area contributed by atoms with Crippen molar-refractivity contribution in [2.45, 2.75) is 19.4 Å². The quantitative estimate of drug-likeness (QED) is 0.731. The summed E-state index contributed by atoms with van der Waals surface area (Å²) in [5.74, 6) is 0.739. The van der Waals surface area contributed by atoms with Gasteiger partial charge in [0.05, 0.1) is 12.6 Å². The molecule has 1 saturated heterocycles. The molecule has 0 spiro atoms. The highest BCUT2D eigenvalue weighted by Gasteiger charge is 2.31. The van der Waals surface area contributed by atoms with Crippen LogP contribution in [0.4, 0.5) is 0 Å². The number of likely N-dealkylation sites (tertiary alicyclic amines) is 1. The molecule has 1 aromatic rings. The summed E-state index contributed by atoms with van der Waals surface area (Å²) in [6.45, 7) is 4.03. The second-order valence-corrected chi connectivity index (χ2v) is 5.87. The van der Waals surface area contributed by atoms with Crippen LogP contribution in [0, 0.1) is 5.92 Å². The van der Waals surface area contributed by atoms with Crippen molar-refractivity contribution in [1.29, 1.82) is 0 Å². The summed E-state index contributed by atoms with van der Waals surface area (Å²) in [6.07, 6.45) is 0.364. The van der Waals surface area contributed by atoms with Gasteiger partial charge in [0.1, 0.15) is 12.4 Å². The van der Waals surface area contributed by atoms with Gasteiger partial charge in [-0.1, -0.05) is 25.1 Å². The molecular weight excluding hydrogens is 330 g/mol. The molecule has 1 heterocycles. The molecule has 1 aliphatic rings. The first-order chi connectivity index (χ1) is 11.1. The number of nitrogens with zero attached hydrogens (tertiary/aromatic N) is 1. The zero-order valence-electron chi connectivity index (χ0n) is 14.2. The molecule has 0 bridgehead atoms. The molecule has 2 unspecified atom stereocenters. The molecular formula is C17H26ClN3O3. The number of benzene rings is 1. The van der Waals surface area contributed by atoms with Gasteiger partial charge in [-0.2, -0.15) is 0 Å². The van der Waals surface area contributed by atoms with Crippen LogP contribution in [0.5, 0.6) is 5.75 Å². The van der Waals surface area contributed by atoms with Crippen LogP contribution in [0.1, 0.15) is 13.3 Å². The monoisotopic (exact) mass is 355 g/mol. The van der Waals surface area contributed by atoms with Crippen LogP contribution >= 0.6 is 12.4 Å². The highest BCUT2D eigenvalue weighted by molar-refractivity contribution is 5.85. The van der Waals surface area contributed by atoms with E-state index in [9.17, 15) is 9.59 Å². The predicted octanol–water partition coefficient (Wildman–Crippen LogP) is 1.06. The third-order valence-electron chi connectivity index (χ3n) is 3.89. The number of para-hydroxylation sites is 1. The van der Waals surface area contributed by atoms with Crippen LogP contribution in [-0.4, -0.2) is 56.0 Å². The average molecular weight is 356 g/mol. The van der Waals surface area contributed by atoms with Gasteiger partial charge in [0, 0.05) is 25.4 Å². The van der Waals surface area contributed by atoms with E-state index in [0.29, 0.717) is 32.7 Å². The maximum Gasteiger partial charge on any atom is 0.224 e. The van der Waals surface area contributed by atoms with Gasteiger partial charge in [-0.15, -0.1) is 12.4 Å². The van der Waals surface area contributed by atoms with Gasteiger partial charge in [-0.05, 0) is 19.2 Å². The second-order valence-electron chi connectivity index (χ2n) is 5.87. The van der Waals surface area contributed by atoms with E-state index < -0.39 is 0 Å². The minimum absolute atomic E-state index is 0. The number of carbonyl (C=O) groups excluding carboxylic acids is 2. The standard InChI is InChI=1S/C17H25N3O3.ClH/c1-13(11-18-2)17(22)19-14-10-16(21)20(12-14)8-9-23-15-6-4-3-5-7-15;/h3-7,13-14,18H,8-12H2,1-2H3,(H,19,22);1H. The van der Waals surface area contributed by atoms with Crippen LogP contribution in [-0.2, 0) is 9.59 Å². The first kappa shape index (κ1) is 20.3. The number of nitrogens with one attached hydrogen (secondary N) is 2. The molecule has 1 fully saturated rings. The lowest BCUT2D eigenvalue weighted by Crippen LogP contribution is -2.42. The van der Waals surface area contributed by atoms with Gasteiger partial charge >= 0.3 is 0 Å². The first-order valence-corrected chi connectivity index (χ1v) is 8.00. The summed E-state index contributed by atoms with van der Waals surface area (Å²) in [5, 5.41) is 5.93. The maximum absolute atomic E-state index is 12.0. The third-order valence-corrected chi connectivity index (χ3v) is 3.89. The van der Waals surface area contributed by atoms with Gasteiger partial charge in [-0.25, -0.2) is 0 Å². The summed E-state index contributed by atoms with van der Waals surface area (Å²) in [6, 6.07) is 9.42. The highest BCUT2D eigenvalue weighted by Crippen LogP contribution is 2.13. The summed E-state index contributed by atoms with van der Waals surface area (Å²) < 4.78 is 5.61. The Bertz CT molecular complexity index is 527. The van der Waals surface area contributed by atoms with Gasteiger partial charge in [0.25, 0.3) is 0 Å². The summed E-state index contributed by atoms with van der Waals surface area (Å²) >= 11 is 0. The van der Waals surface area contributed by atoms with E-state index in [0.717, 1.165) is 5.75 Å². The number of rotatable bonds is 8. The molecule has 1 aliphatic heterocycles. The van der Waals surface area contributed by atoms with Crippen molar-refractivity contribution in [2.75, 3.05) is 33.3 Å². The van der Waals surface area contributed by atoms with E-state index >= 15 is 0 Å². The summed E-state index contributed by atoms with van der Waals surface area (Å²) in [4.78, 5) is 25.8. The van der Waals surface area contributed by atoms with E-state index in [1.165, 1.54) is 0 Å². The molecule has 2 atom stereocenters. The van der Waals surface area contributed by atoms with Crippen molar-refractivity contribution < 1.29 is 14.3 Å². The van der Waals surface area contributed by atoms with E-state index in [2.05, 4.69) is 10.6 Å². The van der Waals surface area contributed by atoms with Gasteiger partial charge in [-0.3, -0.25) is 9.59 Å². The normalized spacial score (nSPS) is 18.0. The average Bonchev–Trinajstić information content (AvgIpc) is 2.88. The van der Waals surface area contributed by atoms with Crippen LogP contribution < -0.4 is 15.4 Å². The Labute approximate surface area is 149 Å². The fraction of sp³-hybridized carbons (Fsp3) is 0.529. The topological polar surface area (TPSA) is 70.7 Å². The number of carbonyl (C=O) groups is 2. The zero-order chi connectivity index (χ0) is 16.7. The van der Waals surface area contributed by atoms with Crippen molar-refractivity contribution >= 4 is 24.2 Å². The smallest absolute Gasteiger partial charge is 0.224 e. The molecule has 0 saturated carbocycles. The van der Waals surface area contributed by atoms with E-state index in [4.69, 9.17) is 4.74 Å². The minimum Gasteiger partial charge on any atom is -0.492 e. The summed E-state index contributed by atoms with van der Waals surface area (Å²) in [7, 11) is 1.82. The summed E-state index contributed by atoms with van der Waals surface area (Å²) in [5.41, 5.74) is 0. The number of ether oxygens (including phenoxy) is 1. The van der Waals surface area contributed by atoms with Crippen molar-refractivity contribution in [1.82, 2.24) is 15.5 Å². The van der Waals surface area contributed by atoms with E-state index in [-0.39, 0.29) is 36.2 Å². The van der Waals surface area contributed by atoms with Crippen molar-refractivity contribution in [2.24, 2.45) is 5.92 Å². The lowest BCUT2D eigenvalue weighted by atomic mass is 10.1. The Morgan fingerprint density at radius 2 is 2.08 bits per heavy atom. The SMILES string of the molecule is CNCC(C)C(=O)NC1CC(=O)N(CCOc2ccccc2)C1.Cl. The van der Waals surface area contributed by atoms with E-state index in [1.54, 1.807) is 4.90 Å². The van der Waals surface area contributed by atoms with Crippen molar-refractivity contribution in [3.8, 4) is 5.75 Å². The molecule has 24 heavy (non-hydrogen) atoms. The minimum atomic E-state index is -0.106. The third kappa shape index (κ3) is 6.02. The lowest BCUT2D eigenvalue weighted by Gasteiger charge is -2.18. The highest BCUT2D eigenvalue weighted by atomic mass is 35.5. The number of hydrogen-bond acceptors (Lipinski definition) is 4. The number of amides is 2. The Morgan fingerprint density at radius 1 is 1.38 bits per heavy atom. The first-order valence-electron chi connectivity index (χ1n) is 8.00. The largest absolute Gasteiger partial charge is 0.492 e. The zero-order valence-corrected chi connectivity index (χ0v) is 15.0. The Kier molecular flexibility index (Phi) is 8.57. The molecule has 0 aromatic heterocycles. The van der Waals surface area contributed by atoms with Crippen LogP contribution in [0.25, 0.3) is 0 Å². The molecule has 2 amide bonds. The van der Waals surface area contributed by atoms with Crippen LogP contribution in [0.15, 0.2) is 30.3 Å². The lowest BCUT2D eigenvalue weighted by molar-refractivity contribution is -0.128. The predicted molar refractivity (Wildman–Crippen MR) is 95.4 cm³/mol. The van der Waals surface area contributed by atoms with Gasteiger partial charge < -0.3 is 20.3 Å². The number of halogens is 1. The molecule has 1 aromatic carbocycles. The van der Waals surface area contributed by atoms with Gasteiger partial charge in [0.15, 0.2) is 0 Å². The molecule has 0 aliphatic carbocycles. The Hall–Kier alpha value is -1.79. The van der Waals surface area contributed by atoms with Crippen molar-refractivity contribution in [3.05, 3.63) is 30.3 Å². The Morgan fingerprint density at radius 3 is 2.75 bits per heavy atom. The fourth-order valence-electron chi connectivity index (χ4n) is 2.62. The molecule has 2 N–H and O–H groups in total. The van der Waals surface area contributed by atoms with E-state index in [1.807, 2.05) is 44.3 Å². The molecule has 6 nitrogen and oxygen atoms in total. The van der Waals surface area contributed by atoms with Crippen LogP contribution in [0.2, 0.25) is 0 Å². The molecule has 134 valence electrons. The molecule has 0 radical (unpaired) electrons. The Balaban J connectivity index is 0.00000288. The number of hydrogen-bond donors (Lipinski definition) is 2. The van der Waals surface area contributed by atoms with Crippen LogP contribution in [0.3, 0.4) is 0 Å². The molecule has 7 heteroatoms. The maximum atomic E-state index is 12.0. The second kappa shape index (κ2) is 10.2. The van der Waals surface area contributed by atoms with Crippen molar-refractivity contribution in [3.63, 3.8) is 0 Å². The van der Waals surface area contributed by atoms with Gasteiger partial charge in [0.2, 0.25) is 11.8 Å². The molecule has 2 rings (SSSR count). The fourth-order valence-corrected chi connectivity index (χ4v) is 2.62.